The maximum absolute atomic E-state index is 12.2. The van der Waals surface area contributed by atoms with Crippen LogP contribution < -0.4 is 4.72 Å². The Morgan fingerprint density at radius 1 is 1.10 bits per heavy atom. The van der Waals surface area contributed by atoms with Gasteiger partial charge in [-0.25, -0.2) is 16.8 Å². The lowest BCUT2D eigenvalue weighted by molar-refractivity contribution is 0.602. The van der Waals surface area contributed by atoms with Crippen LogP contribution in [0.3, 0.4) is 0 Å². The van der Waals surface area contributed by atoms with Gasteiger partial charge in [-0.05, 0) is 39.5 Å². The fraction of sp³-hybridized carbons (Fsp3) is 0.0909. The normalized spacial score (nSPS) is 12.3. The highest BCUT2D eigenvalue weighted by atomic mass is 79.9. The largest absolute Gasteiger partial charge is 0.278 e. The zero-order chi connectivity index (χ0) is 15.0. The molecule has 9 heteroatoms. The number of halogens is 1. The van der Waals surface area contributed by atoms with Crippen molar-refractivity contribution in [2.24, 2.45) is 0 Å². The van der Waals surface area contributed by atoms with E-state index in [2.05, 4.69) is 20.7 Å². The van der Waals surface area contributed by atoms with Gasteiger partial charge in [-0.15, -0.1) is 11.3 Å². The van der Waals surface area contributed by atoms with Crippen LogP contribution in [0.25, 0.3) is 0 Å². The monoisotopic (exact) mass is 395 g/mol. The highest BCUT2D eigenvalue weighted by Crippen LogP contribution is 2.30. The molecule has 0 unspecified atom stereocenters. The number of anilines is 1. The molecular weight excluding hydrogens is 386 g/mol. The Hall–Kier alpha value is -0.900. The summed E-state index contributed by atoms with van der Waals surface area (Å²) in [6, 6.07) is 7.49. The van der Waals surface area contributed by atoms with Crippen LogP contribution in [0.5, 0.6) is 0 Å². The molecule has 1 aromatic heterocycles. The van der Waals surface area contributed by atoms with Gasteiger partial charge < -0.3 is 0 Å². The minimum absolute atomic E-state index is 0.0373. The van der Waals surface area contributed by atoms with Crippen molar-refractivity contribution >= 4 is 52.8 Å². The number of para-hydroxylation sites is 1. The standard InChI is InChI=1S/C11H10BrNO4S3/c1-19(14,15)10-5-3-2-4-9(10)13-20(16,17)11-8(12)6-7-18-11/h2-7,13H,1H3. The molecule has 1 aromatic carbocycles. The zero-order valence-electron chi connectivity index (χ0n) is 10.2. The first-order valence-electron chi connectivity index (χ1n) is 5.27. The first-order chi connectivity index (χ1) is 9.22. The molecule has 1 N–H and O–H groups in total. The van der Waals surface area contributed by atoms with Gasteiger partial charge >= 0.3 is 0 Å². The minimum Gasteiger partial charge on any atom is -0.278 e. The summed E-state index contributed by atoms with van der Waals surface area (Å²) >= 11 is 4.19. The van der Waals surface area contributed by atoms with E-state index in [9.17, 15) is 16.8 Å². The number of nitrogens with one attached hydrogen (secondary N) is 1. The third kappa shape index (κ3) is 3.22. The van der Waals surface area contributed by atoms with E-state index < -0.39 is 19.9 Å². The van der Waals surface area contributed by atoms with E-state index in [1.807, 2.05) is 0 Å². The molecule has 108 valence electrons. The Bertz CT molecular complexity index is 840. The average Bonchev–Trinajstić information content (AvgIpc) is 2.75. The zero-order valence-corrected chi connectivity index (χ0v) is 14.2. The van der Waals surface area contributed by atoms with Crippen LogP contribution in [0, 0.1) is 0 Å². The Labute approximate surface area is 129 Å². The van der Waals surface area contributed by atoms with Crippen LogP contribution in [0.4, 0.5) is 5.69 Å². The maximum Gasteiger partial charge on any atom is 0.272 e. The van der Waals surface area contributed by atoms with E-state index >= 15 is 0 Å². The van der Waals surface area contributed by atoms with E-state index in [0.29, 0.717) is 4.47 Å². The molecule has 0 radical (unpaired) electrons. The van der Waals surface area contributed by atoms with Crippen molar-refractivity contribution in [1.29, 1.82) is 0 Å². The third-order valence-corrected chi connectivity index (χ3v) is 7.55. The van der Waals surface area contributed by atoms with E-state index in [4.69, 9.17) is 0 Å². The molecule has 0 aliphatic rings. The molecule has 0 saturated heterocycles. The van der Waals surface area contributed by atoms with Crippen molar-refractivity contribution < 1.29 is 16.8 Å². The van der Waals surface area contributed by atoms with Crippen molar-refractivity contribution in [1.82, 2.24) is 0 Å². The number of hydrogen-bond donors (Lipinski definition) is 1. The summed E-state index contributed by atoms with van der Waals surface area (Å²) in [6.45, 7) is 0. The number of sulfone groups is 1. The molecule has 0 amide bonds. The number of rotatable bonds is 4. The fourth-order valence-corrected chi connectivity index (χ4v) is 5.86. The number of hydrogen-bond acceptors (Lipinski definition) is 5. The minimum atomic E-state index is -3.83. The van der Waals surface area contributed by atoms with Gasteiger partial charge in [0.2, 0.25) is 0 Å². The molecule has 5 nitrogen and oxygen atoms in total. The second-order valence-electron chi connectivity index (χ2n) is 3.93. The topological polar surface area (TPSA) is 80.3 Å². The van der Waals surface area contributed by atoms with Crippen molar-refractivity contribution in [2.75, 3.05) is 11.0 Å². The van der Waals surface area contributed by atoms with E-state index in [1.54, 1.807) is 17.5 Å². The van der Waals surface area contributed by atoms with E-state index in [0.717, 1.165) is 17.6 Å². The van der Waals surface area contributed by atoms with Crippen LogP contribution >= 0.6 is 27.3 Å². The lowest BCUT2D eigenvalue weighted by atomic mass is 10.3. The van der Waals surface area contributed by atoms with Gasteiger partial charge in [0.05, 0.1) is 10.6 Å². The molecule has 0 aliphatic heterocycles. The lowest BCUT2D eigenvalue weighted by Gasteiger charge is -2.10. The first-order valence-corrected chi connectivity index (χ1v) is 10.3. The highest BCUT2D eigenvalue weighted by Gasteiger charge is 2.22. The van der Waals surface area contributed by atoms with Crippen molar-refractivity contribution in [2.45, 2.75) is 9.10 Å². The molecule has 2 rings (SSSR count). The molecule has 0 fully saturated rings. The first kappa shape index (κ1) is 15.5. The summed E-state index contributed by atoms with van der Waals surface area (Å²) in [6.07, 6.45) is 1.03. The van der Waals surface area contributed by atoms with Crippen LogP contribution in [0.15, 0.2) is 49.3 Å². The van der Waals surface area contributed by atoms with Crippen molar-refractivity contribution in [3.05, 3.63) is 40.2 Å². The Morgan fingerprint density at radius 2 is 1.75 bits per heavy atom. The second kappa shape index (κ2) is 5.47. The molecule has 0 spiro atoms. The van der Waals surface area contributed by atoms with Gasteiger partial charge in [-0.3, -0.25) is 4.72 Å². The number of thiophene rings is 1. The van der Waals surface area contributed by atoms with Gasteiger partial charge in [0, 0.05) is 10.7 Å². The quantitative estimate of drug-likeness (QED) is 0.862. The lowest BCUT2D eigenvalue weighted by Crippen LogP contribution is -2.14. The Morgan fingerprint density at radius 3 is 2.30 bits per heavy atom. The Kier molecular flexibility index (Phi) is 4.24. The predicted molar refractivity (Wildman–Crippen MR) is 82.4 cm³/mol. The summed E-state index contributed by atoms with van der Waals surface area (Å²) in [4.78, 5) is -0.0590. The summed E-state index contributed by atoms with van der Waals surface area (Å²) < 4.78 is 50.6. The van der Waals surface area contributed by atoms with Crippen LogP contribution in [0.1, 0.15) is 0 Å². The third-order valence-electron chi connectivity index (χ3n) is 2.36. The van der Waals surface area contributed by atoms with E-state index in [1.165, 1.54) is 18.2 Å². The maximum atomic E-state index is 12.2. The second-order valence-corrected chi connectivity index (χ2v) is 9.56. The molecule has 0 saturated carbocycles. The average molecular weight is 396 g/mol. The van der Waals surface area contributed by atoms with Gasteiger partial charge in [0.15, 0.2) is 14.0 Å². The summed E-state index contributed by atoms with van der Waals surface area (Å²) in [5.41, 5.74) is 0.0373. The summed E-state index contributed by atoms with van der Waals surface area (Å²) in [5, 5.41) is 1.63. The smallest absolute Gasteiger partial charge is 0.272 e. The molecule has 2 aromatic rings. The summed E-state index contributed by atoms with van der Waals surface area (Å²) in [5.74, 6) is 0. The van der Waals surface area contributed by atoms with Crippen molar-refractivity contribution in [3.63, 3.8) is 0 Å². The van der Waals surface area contributed by atoms with Gasteiger partial charge in [0.1, 0.15) is 0 Å². The molecule has 0 bridgehead atoms. The van der Waals surface area contributed by atoms with Crippen LogP contribution in [-0.2, 0) is 19.9 Å². The highest BCUT2D eigenvalue weighted by molar-refractivity contribution is 9.10. The molecule has 1 heterocycles. The SMILES string of the molecule is CS(=O)(=O)c1ccccc1NS(=O)(=O)c1sccc1Br. The molecule has 20 heavy (non-hydrogen) atoms. The Balaban J connectivity index is 2.49. The number of benzene rings is 1. The molecule has 0 aliphatic carbocycles. The molecular formula is C11H10BrNO4S3. The fourth-order valence-electron chi connectivity index (χ4n) is 1.54. The van der Waals surface area contributed by atoms with Crippen LogP contribution in [-0.4, -0.2) is 23.1 Å². The van der Waals surface area contributed by atoms with Gasteiger partial charge in [-0.1, -0.05) is 12.1 Å². The predicted octanol–water partition coefficient (Wildman–Crippen LogP) is 2.71. The number of sulfonamides is 1. The van der Waals surface area contributed by atoms with Crippen molar-refractivity contribution in [3.8, 4) is 0 Å². The van der Waals surface area contributed by atoms with Gasteiger partial charge in [0.25, 0.3) is 10.0 Å². The van der Waals surface area contributed by atoms with E-state index in [-0.39, 0.29) is 14.8 Å². The van der Waals surface area contributed by atoms with Gasteiger partial charge in [-0.2, -0.15) is 0 Å². The summed E-state index contributed by atoms with van der Waals surface area (Å²) in [7, 11) is -7.35. The molecule has 0 atom stereocenters. The van der Waals surface area contributed by atoms with Crippen LogP contribution in [0.2, 0.25) is 0 Å².